The fourth-order valence-electron chi connectivity index (χ4n) is 10.9. The third kappa shape index (κ3) is 5.93. The molecule has 46 heavy (non-hydrogen) atoms. The lowest BCUT2D eigenvalue weighted by molar-refractivity contribution is -0.132. The van der Waals surface area contributed by atoms with Crippen LogP contribution in [0.5, 0.6) is 0 Å². The molecular weight excluding hydrogens is 596 g/mol. The van der Waals surface area contributed by atoms with E-state index in [0.29, 0.717) is 19.4 Å². The van der Waals surface area contributed by atoms with E-state index in [2.05, 4.69) is 123 Å². The molecule has 2 aromatic carbocycles. The van der Waals surface area contributed by atoms with E-state index in [0.717, 1.165) is 60.4 Å². The standard InChI is InChI=1S/C41H59N3P2/c1-25-29(17-32-19-34(25)40(32,3)4)22-43(7)21-28-13-11-12-27-16-31(39(42-38(27)28)46-37-15-10-9-14-36(37)45)24-44(8)23-30-18-33-20-35(26(30)2)41(33,5)6/h9-16,25-26,29-30,32-35,46H,17-24,45H2,1-8H3/t25-,26-,29-,30-,32+,33+,34+,35+/m1/s1. The number of benzene rings is 2. The predicted molar refractivity (Wildman–Crippen MR) is 203 cm³/mol. The molecule has 1 aromatic heterocycles. The normalized spacial score (nSPS) is 32.7. The van der Waals surface area contributed by atoms with E-state index >= 15 is 0 Å². The first-order valence-corrected chi connectivity index (χ1v) is 19.8. The Morgan fingerprint density at radius 1 is 0.761 bits per heavy atom. The van der Waals surface area contributed by atoms with Gasteiger partial charge in [0.15, 0.2) is 0 Å². The topological polar surface area (TPSA) is 19.4 Å². The van der Waals surface area contributed by atoms with Gasteiger partial charge in [-0.05, 0) is 134 Å². The second-order valence-electron chi connectivity index (χ2n) is 17.5. The highest BCUT2D eigenvalue weighted by Crippen LogP contribution is 2.64. The molecular formula is C41H59N3P2. The number of fused-ring (bicyclic) bond motifs is 5. The lowest BCUT2D eigenvalue weighted by Crippen LogP contribution is -2.56. The van der Waals surface area contributed by atoms with Crippen LogP contribution in [0.15, 0.2) is 48.5 Å². The summed E-state index contributed by atoms with van der Waals surface area (Å²) >= 11 is 0. The van der Waals surface area contributed by atoms with Crippen molar-refractivity contribution in [2.24, 2.45) is 58.2 Å². The average Bonchev–Trinajstić information content (AvgIpc) is 3.00. The first-order valence-electron chi connectivity index (χ1n) is 18.2. The highest BCUT2D eigenvalue weighted by molar-refractivity contribution is 7.57. The van der Waals surface area contributed by atoms with Crippen LogP contribution in [-0.4, -0.2) is 42.0 Å². The first-order chi connectivity index (χ1) is 21.8. The molecule has 248 valence electrons. The lowest BCUT2D eigenvalue weighted by atomic mass is 9.43. The predicted octanol–water partition coefficient (Wildman–Crippen LogP) is 7.86. The molecule has 0 radical (unpaired) electrons. The van der Waals surface area contributed by atoms with Crippen LogP contribution in [0.3, 0.4) is 0 Å². The minimum atomic E-state index is 0.550. The molecule has 9 rings (SSSR count). The van der Waals surface area contributed by atoms with Gasteiger partial charge < -0.3 is 9.80 Å². The molecule has 5 heteroatoms. The monoisotopic (exact) mass is 655 g/mol. The maximum Gasteiger partial charge on any atom is 0.0754 e. The molecule has 0 amide bonds. The van der Waals surface area contributed by atoms with Gasteiger partial charge in [-0.15, -0.1) is 9.24 Å². The van der Waals surface area contributed by atoms with Crippen molar-refractivity contribution in [1.82, 2.24) is 14.8 Å². The average molecular weight is 656 g/mol. The van der Waals surface area contributed by atoms with E-state index in [1.54, 1.807) is 0 Å². The van der Waals surface area contributed by atoms with Crippen molar-refractivity contribution >= 4 is 44.8 Å². The number of pyridine rings is 1. The molecule has 6 aliphatic rings. The summed E-state index contributed by atoms with van der Waals surface area (Å²) in [6.45, 7) is 19.5. The smallest absolute Gasteiger partial charge is 0.0754 e. The summed E-state index contributed by atoms with van der Waals surface area (Å²) in [5.74, 6) is 6.90. The number of para-hydroxylation sites is 1. The SMILES string of the molecule is C[C@@H]1[C@@H](CN(C)Cc2cc3cccc(CN(C)C[C@H]4C[C@H]5C[C@@H]([C@@H]4C)C5(C)C)c3nc2Pc2ccccc2P)C[C@H]2C[C@@H]1C2(C)C. The summed E-state index contributed by atoms with van der Waals surface area (Å²) in [6.07, 6.45) is 5.72. The lowest BCUT2D eigenvalue weighted by Gasteiger charge is -2.62. The van der Waals surface area contributed by atoms with E-state index in [-0.39, 0.29) is 0 Å². The van der Waals surface area contributed by atoms with Gasteiger partial charge in [0.1, 0.15) is 0 Å². The maximum atomic E-state index is 5.57. The Hall–Kier alpha value is -1.37. The van der Waals surface area contributed by atoms with Gasteiger partial charge in [-0.1, -0.05) is 84.0 Å². The molecule has 0 aliphatic heterocycles. The van der Waals surface area contributed by atoms with Crippen LogP contribution in [0.2, 0.25) is 0 Å². The Labute approximate surface area is 284 Å². The van der Waals surface area contributed by atoms with Crippen molar-refractivity contribution in [1.29, 1.82) is 0 Å². The van der Waals surface area contributed by atoms with Gasteiger partial charge in [0.25, 0.3) is 0 Å². The third-order valence-electron chi connectivity index (χ3n) is 14.2. The molecule has 4 bridgehead atoms. The van der Waals surface area contributed by atoms with Gasteiger partial charge >= 0.3 is 0 Å². The molecule has 2 unspecified atom stereocenters. The van der Waals surface area contributed by atoms with E-state index in [1.807, 2.05) is 0 Å². The van der Waals surface area contributed by atoms with Crippen LogP contribution in [0.1, 0.15) is 78.4 Å². The summed E-state index contributed by atoms with van der Waals surface area (Å²) < 4.78 is 0. The fraction of sp³-hybridized carbons (Fsp3) is 0.634. The summed E-state index contributed by atoms with van der Waals surface area (Å²) in [5.41, 5.74) is 6.35. The zero-order valence-corrected chi connectivity index (χ0v) is 32.0. The van der Waals surface area contributed by atoms with Gasteiger partial charge in [-0.25, -0.2) is 4.98 Å². The van der Waals surface area contributed by atoms with Crippen LogP contribution < -0.4 is 16.0 Å². The fourth-order valence-corrected chi connectivity index (χ4v) is 12.5. The Kier molecular flexibility index (Phi) is 9.01. The van der Waals surface area contributed by atoms with Crippen LogP contribution in [0.25, 0.3) is 10.9 Å². The molecule has 6 saturated carbocycles. The first kappa shape index (κ1) is 33.1. The van der Waals surface area contributed by atoms with E-state index in [4.69, 9.17) is 4.98 Å². The minimum Gasteiger partial charge on any atom is -0.302 e. The van der Waals surface area contributed by atoms with Gasteiger partial charge in [-0.3, -0.25) is 0 Å². The van der Waals surface area contributed by atoms with Crippen molar-refractivity contribution in [2.45, 2.75) is 80.3 Å². The molecule has 6 fully saturated rings. The highest BCUT2D eigenvalue weighted by Gasteiger charge is 2.57. The van der Waals surface area contributed by atoms with E-state index < -0.39 is 0 Å². The second kappa shape index (κ2) is 12.5. The summed E-state index contributed by atoms with van der Waals surface area (Å²) in [5, 5.41) is 3.97. The van der Waals surface area contributed by atoms with Gasteiger partial charge in [0, 0.05) is 31.6 Å². The second-order valence-corrected chi connectivity index (χ2v) is 19.4. The molecule has 3 nitrogen and oxygen atoms in total. The Balaban J connectivity index is 1.12. The van der Waals surface area contributed by atoms with Crippen molar-refractivity contribution in [3.63, 3.8) is 0 Å². The number of nitrogens with zero attached hydrogens (tertiary/aromatic N) is 3. The molecule has 0 spiro atoms. The molecule has 6 aliphatic carbocycles. The summed E-state index contributed by atoms with van der Waals surface area (Å²) in [7, 11) is 8.20. The molecule has 0 N–H and O–H groups in total. The molecule has 0 saturated heterocycles. The van der Waals surface area contributed by atoms with Crippen LogP contribution in [0, 0.1) is 58.2 Å². The largest absolute Gasteiger partial charge is 0.302 e. The summed E-state index contributed by atoms with van der Waals surface area (Å²) in [4.78, 5) is 10.8. The van der Waals surface area contributed by atoms with Crippen molar-refractivity contribution in [3.05, 3.63) is 59.7 Å². The molecule has 1 heterocycles. The van der Waals surface area contributed by atoms with Crippen LogP contribution in [0.4, 0.5) is 0 Å². The van der Waals surface area contributed by atoms with Gasteiger partial charge in [0.2, 0.25) is 0 Å². The Morgan fingerprint density at radius 3 is 1.87 bits per heavy atom. The van der Waals surface area contributed by atoms with Crippen molar-refractivity contribution in [2.75, 3.05) is 27.2 Å². The van der Waals surface area contributed by atoms with Gasteiger partial charge in [-0.2, -0.15) is 0 Å². The quantitative estimate of drug-likeness (QED) is 0.207. The summed E-state index contributed by atoms with van der Waals surface area (Å²) in [6, 6.07) is 18.2. The number of aromatic nitrogens is 1. The van der Waals surface area contributed by atoms with Gasteiger partial charge in [0.05, 0.1) is 11.0 Å². The number of rotatable bonds is 10. The number of hydrogen-bond donors (Lipinski definition) is 0. The zero-order valence-electron chi connectivity index (χ0n) is 29.8. The molecule has 10 atom stereocenters. The Morgan fingerprint density at radius 2 is 1.33 bits per heavy atom. The number of hydrogen-bond acceptors (Lipinski definition) is 3. The van der Waals surface area contributed by atoms with Crippen LogP contribution >= 0.6 is 17.8 Å². The van der Waals surface area contributed by atoms with E-state index in [1.165, 1.54) is 76.8 Å². The highest BCUT2D eigenvalue weighted by atomic mass is 31.1. The zero-order chi connectivity index (χ0) is 32.5. The Bertz CT molecular complexity index is 1580. The van der Waals surface area contributed by atoms with Crippen LogP contribution in [-0.2, 0) is 13.1 Å². The van der Waals surface area contributed by atoms with Crippen molar-refractivity contribution < 1.29 is 0 Å². The molecule has 3 aromatic rings. The third-order valence-corrected chi connectivity index (χ3v) is 16.4. The van der Waals surface area contributed by atoms with E-state index in [9.17, 15) is 0 Å². The minimum absolute atomic E-state index is 0.550. The maximum absolute atomic E-state index is 5.57. The van der Waals surface area contributed by atoms with Crippen molar-refractivity contribution in [3.8, 4) is 0 Å².